The van der Waals surface area contributed by atoms with Crippen LogP contribution in [-0.4, -0.2) is 33.6 Å². The van der Waals surface area contributed by atoms with Gasteiger partial charge in [0.15, 0.2) is 0 Å². The van der Waals surface area contributed by atoms with Crippen molar-refractivity contribution in [1.82, 2.24) is 19.8 Å². The van der Waals surface area contributed by atoms with Crippen LogP contribution in [0.2, 0.25) is 15.2 Å². The molecule has 1 amide bonds. The van der Waals surface area contributed by atoms with E-state index in [9.17, 15) is 9.18 Å². The topological polar surface area (TPSA) is 74.0 Å². The van der Waals surface area contributed by atoms with Gasteiger partial charge in [0, 0.05) is 49.9 Å². The summed E-state index contributed by atoms with van der Waals surface area (Å²) in [6.45, 7) is 2.26. The van der Waals surface area contributed by atoms with Gasteiger partial charge in [-0.25, -0.2) is 14.2 Å². The number of nitriles is 1. The monoisotopic (exact) mass is 567 g/mol. The second kappa shape index (κ2) is 11.1. The Hall–Kier alpha value is -3.41. The highest BCUT2D eigenvalue weighted by Gasteiger charge is 2.27. The number of halogens is 4. The molecule has 6 nitrogen and oxygen atoms in total. The van der Waals surface area contributed by atoms with E-state index in [1.165, 1.54) is 12.1 Å². The van der Waals surface area contributed by atoms with Crippen LogP contribution in [0.1, 0.15) is 27.9 Å². The van der Waals surface area contributed by atoms with Crippen molar-refractivity contribution >= 4 is 57.8 Å². The van der Waals surface area contributed by atoms with Crippen molar-refractivity contribution in [2.24, 2.45) is 0 Å². The number of rotatable bonds is 5. The van der Waals surface area contributed by atoms with Crippen molar-refractivity contribution in [3.8, 4) is 6.07 Å². The molecule has 0 bridgehead atoms. The molecule has 192 valence electrons. The fourth-order valence-corrected chi connectivity index (χ4v) is 5.18. The number of benzene rings is 2. The minimum atomic E-state index is -0.536. The lowest BCUT2D eigenvalue weighted by Gasteiger charge is -2.27. The van der Waals surface area contributed by atoms with E-state index >= 15 is 0 Å². The Labute approximate surface area is 233 Å². The summed E-state index contributed by atoms with van der Waals surface area (Å²) in [4.78, 5) is 19.6. The SMILES string of the molecule is N#Cc1ccc(/C=C/CN2CCc3c(c4cc(Cl)c(Cl)cc4n3C(=O)NCc3ccnc(Cl)c3)C2)cc1F. The van der Waals surface area contributed by atoms with Crippen LogP contribution in [0, 0.1) is 17.1 Å². The van der Waals surface area contributed by atoms with Gasteiger partial charge in [0.2, 0.25) is 0 Å². The lowest BCUT2D eigenvalue weighted by atomic mass is 10.0. The fraction of sp³-hybridized carbons (Fsp3) is 0.179. The van der Waals surface area contributed by atoms with E-state index in [4.69, 9.17) is 40.1 Å². The van der Waals surface area contributed by atoms with E-state index in [0.717, 1.165) is 28.8 Å². The van der Waals surface area contributed by atoms with Crippen LogP contribution in [0.4, 0.5) is 9.18 Å². The molecule has 10 heteroatoms. The third kappa shape index (κ3) is 5.40. The van der Waals surface area contributed by atoms with Crippen LogP contribution in [0.3, 0.4) is 0 Å². The molecule has 2 aromatic heterocycles. The number of fused-ring (bicyclic) bond motifs is 3. The fourth-order valence-electron chi connectivity index (χ4n) is 4.67. The number of nitrogens with one attached hydrogen (secondary N) is 1. The third-order valence-corrected chi connectivity index (χ3v) is 7.42. The van der Waals surface area contributed by atoms with Crippen molar-refractivity contribution in [3.05, 3.63) is 104 Å². The standard InChI is InChI=1S/C28H21Cl3FN5O/c29-22-12-20-21-16-36(8-1-2-17-3-4-19(14-33)24(32)10-17)9-6-25(21)37(26(20)13-23(22)30)28(38)35-15-18-5-7-34-27(31)11-18/h1-5,7,10-13H,6,8-9,15-16H2,(H,35,38)/b2-1+. The molecule has 1 N–H and O–H groups in total. The number of amides is 1. The molecule has 0 aliphatic carbocycles. The average molecular weight is 569 g/mol. The zero-order chi connectivity index (χ0) is 26.8. The molecule has 38 heavy (non-hydrogen) atoms. The zero-order valence-corrected chi connectivity index (χ0v) is 22.3. The van der Waals surface area contributed by atoms with Crippen molar-refractivity contribution < 1.29 is 9.18 Å². The lowest BCUT2D eigenvalue weighted by Crippen LogP contribution is -2.34. The number of aromatic nitrogens is 2. The number of pyridine rings is 1. The number of hydrogen-bond acceptors (Lipinski definition) is 4. The zero-order valence-electron chi connectivity index (χ0n) is 20.0. The number of hydrogen-bond donors (Lipinski definition) is 1. The van der Waals surface area contributed by atoms with Crippen LogP contribution >= 0.6 is 34.8 Å². The van der Waals surface area contributed by atoms with Crippen molar-refractivity contribution in [2.45, 2.75) is 19.5 Å². The summed E-state index contributed by atoms with van der Waals surface area (Å²) >= 11 is 18.7. The maximum Gasteiger partial charge on any atom is 0.326 e. The van der Waals surface area contributed by atoms with Gasteiger partial charge in [0.1, 0.15) is 17.0 Å². The van der Waals surface area contributed by atoms with Gasteiger partial charge in [0.05, 0.1) is 21.1 Å². The maximum absolute atomic E-state index is 13.9. The summed E-state index contributed by atoms with van der Waals surface area (Å²) in [5.74, 6) is -0.536. The van der Waals surface area contributed by atoms with Crippen molar-refractivity contribution in [1.29, 1.82) is 5.26 Å². The van der Waals surface area contributed by atoms with Gasteiger partial charge in [-0.15, -0.1) is 0 Å². The molecule has 0 radical (unpaired) electrons. The molecule has 2 aromatic carbocycles. The molecular weight excluding hydrogens is 548 g/mol. The number of nitrogens with zero attached hydrogens (tertiary/aromatic N) is 4. The summed E-state index contributed by atoms with van der Waals surface area (Å²) in [5.41, 5.74) is 4.17. The Bertz CT molecular complexity index is 1630. The molecular formula is C28H21Cl3FN5O. The predicted octanol–water partition coefficient (Wildman–Crippen LogP) is 6.84. The van der Waals surface area contributed by atoms with Crippen LogP contribution in [0.15, 0.2) is 54.7 Å². The van der Waals surface area contributed by atoms with Crippen molar-refractivity contribution in [3.63, 3.8) is 0 Å². The first-order valence-electron chi connectivity index (χ1n) is 11.8. The lowest BCUT2D eigenvalue weighted by molar-refractivity contribution is 0.240. The first-order valence-corrected chi connectivity index (χ1v) is 13.0. The van der Waals surface area contributed by atoms with Crippen LogP contribution in [0.25, 0.3) is 17.0 Å². The third-order valence-electron chi connectivity index (χ3n) is 6.49. The van der Waals surface area contributed by atoms with E-state index in [1.807, 2.05) is 24.3 Å². The van der Waals surface area contributed by atoms with Gasteiger partial charge in [-0.1, -0.05) is 53.0 Å². The normalized spacial score (nSPS) is 13.6. The van der Waals surface area contributed by atoms with E-state index < -0.39 is 5.82 Å². The van der Waals surface area contributed by atoms with E-state index in [0.29, 0.717) is 52.3 Å². The molecule has 1 aliphatic heterocycles. The van der Waals surface area contributed by atoms with Gasteiger partial charge in [-0.3, -0.25) is 9.47 Å². The first kappa shape index (κ1) is 26.2. The van der Waals surface area contributed by atoms with Gasteiger partial charge in [0.25, 0.3) is 0 Å². The molecule has 0 unspecified atom stereocenters. The highest BCUT2D eigenvalue weighted by atomic mass is 35.5. The minimum absolute atomic E-state index is 0.0227. The molecule has 3 heterocycles. The molecule has 1 aliphatic rings. The number of carbonyl (C=O) groups excluding carboxylic acids is 1. The molecule has 0 atom stereocenters. The van der Waals surface area contributed by atoms with Crippen molar-refractivity contribution in [2.75, 3.05) is 13.1 Å². The van der Waals surface area contributed by atoms with E-state index in [1.54, 1.807) is 35.0 Å². The summed E-state index contributed by atoms with van der Waals surface area (Å²) in [5, 5.41) is 13.9. The summed E-state index contributed by atoms with van der Waals surface area (Å²) < 4.78 is 15.6. The molecule has 4 aromatic rings. The number of carbonyl (C=O) groups is 1. The summed E-state index contributed by atoms with van der Waals surface area (Å²) in [6.07, 6.45) is 6.03. The van der Waals surface area contributed by atoms with Gasteiger partial charge >= 0.3 is 6.03 Å². The van der Waals surface area contributed by atoms with E-state index in [-0.39, 0.29) is 11.6 Å². The highest BCUT2D eigenvalue weighted by Crippen LogP contribution is 2.36. The Balaban J connectivity index is 1.38. The quantitative estimate of drug-likeness (QED) is 0.268. The predicted molar refractivity (Wildman–Crippen MR) is 148 cm³/mol. The Morgan fingerprint density at radius 1 is 1.16 bits per heavy atom. The van der Waals surface area contributed by atoms with Crippen LogP contribution < -0.4 is 5.32 Å². The Morgan fingerprint density at radius 2 is 1.97 bits per heavy atom. The van der Waals surface area contributed by atoms with Crippen LogP contribution in [-0.2, 0) is 19.5 Å². The summed E-state index contributed by atoms with van der Waals surface area (Å²) in [6, 6.07) is 13.1. The van der Waals surface area contributed by atoms with Crippen LogP contribution in [0.5, 0.6) is 0 Å². The maximum atomic E-state index is 13.9. The average Bonchev–Trinajstić information content (AvgIpc) is 3.20. The largest absolute Gasteiger partial charge is 0.333 e. The molecule has 0 saturated carbocycles. The molecule has 0 saturated heterocycles. The van der Waals surface area contributed by atoms with Gasteiger partial charge in [-0.05, 0) is 53.1 Å². The Morgan fingerprint density at radius 3 is 2.74 bits per heavy atom. The Kier molecular flexibility index (Phi) is 7.68. The van der Waals surface area contributed by atoms with Gasteiger partial charge < -0.3 is 5.32 Å². The molecule has 0 spiro atoms. The smallest absolute Gasteiger partial charge is 0.326 e. The highest BCUT2D eigenvalue weighted by molar-refractivity contribution is 6.42. The molecule has 5 rings (SSSR count). The molecule has 0 fully saturated rings. The van der Waals surface area contributed by atoms with E-state index in [2.05, 4.69) is 15.2 Å². The first-order chi connectivity index (χ1) is 18.3. The second-order valence-corrected chi connectivity index (χ2v) is 10.1. The second-order valence-electron chi connectivity index (χ2n) is 8.93. The van der Waals surface area contributed by atoms with Gasteiger partial charge in [-0.2, -0.15) is 5.26 Å². The summed E-state index contributed by atoms with van der Waals surface area (Å²) in [7, 11) is 0. The minimum Gasteiger partial charge on any atom is -0.333 e.